The molecule has 1 saturated carbocycles. The minimum atomic E-state index is -0.993. The maximum atomic E-state index is 11.7. The number of aromatic carboxylic acids is 1. The summed E-state index contributed by atoms with van der Waals surface area (Å²) in [5.41, 5.74) is 0.253. The molecule has 1 aliphatic carbocycles. The van der Waals surface area contributed by atoms with Crippen molar-refractivity contribution in [2.24, 2.45) is 0 Å². The van der Waals surface area contributed by atoms with Crippen LogP contribution in [0, 0.1) is 6.92 Å². The Balaban J connectivity index is 1.78. The third-order valence-electron chi connectivity index (χ3n) is 3.70. The number of thiazole rings is 1. The van der Waals surface area contributed by atoms with Crippen LogP contribution in [0.2, 0.25) is 0 Å². The van der Waals surface area contributed by atoms with Gasteiger partial charge in [-0.2, -0.15) is 0 Å². The number of carbonyl (C=O) groups excluding carboxylic acids is 1. The number of ether oxygens (including phenoxy) is 1. The van der Waals surface area contributed by atoms with Gasteiger partial charge in [-0.1, -0.05) is 0 Å². The topological polar surface area (TPSA) is 101 Å². The predicted octanol–water partition coefficient (Wildman–Crippen LogP) is 1.52. The van der Waals surface area contributed by atoms with Gasteiger partial charge in [0.05, 0.1) is 17.8 Å². The maximum absolute atomic E-state index is 11.7. The van der Waals surface area contributed by atoms with E-state index in [2.05, 4.69) is 15.6 Å². The highest BCUT2D eigenvalue weighted by Gasteiger charge is 2.37. The van der Waals surface area contributed by atoms with Gasteiger partial charge < -0.3 is 20.5 Å². The van der Waals surface area contributed by atoms with Gasteiger partial charge in [0.15, 0.2) is 0 Å². The van der Waals surface area contributed by atoms with Gasteiger partial charge in [0.2, 0.25) is 0 Å². The fourth-order valence-corrected chi connectivity index (χ4v) is 3.05. The fourth-order valence-electron chi connectivity index (χ4n) is 2.21. The van der Waals surface area contributed by atoms with Crippen LogP contribution in [-0.2, 0) is 11.3 Å². The number of rotatable bonds is 6. The summed E-state index contributed by atoms with van der Waals surface area (Å²) >= 11 is 1.08. The third kappa shape index (κ3) is 3.70. The Hall–Kier alpha value is -1.67. The van der Waals surface area contributed by atoms with Gasteiger partial charge in [0, 0.05) is 13.7 Å². The largest absolute Gasteiger partial charge is 0.477 e. The number of methoxy groups -OCH3 is 1. The summed E-state index contributed by atoms with van der Waals surface area (Å²) in [6.45, 7) is 2.33. The second-order valence-electron chi connectivity index (χ2n) is 5.10. The molecule has 0 radical (unpaired) electrons. The molecule has 21 heavy (non-hydrogen) atoms. The molecule has 0 unspecified atom stereocenters. The maximum Gasteiger partial charge on any atom is 0.347 e. The van der Waals surface area contributed by atoms with Crippen LogP contribution in [0.1, 0.15) is 39.6 Å². The molecule has 1 aliphatic rings. The molecular formula is C13H19N3O4S. The molecule has 0 saturated heterocycles. The quantitative estimate of drug-likeness (QED) is 0.739. The molecule has 2 amide bonds. The predicted molar refractivity (Wildman–Crippen MR) is 77.6 cm³/mol. The highest BCUT2D eigenvalue weighted by Crippen LogP contribution is 2.34. The first kappa shape index (κ1) is 15.7. The second kappa shape index (κ2) is 6.40. The van der Waals surface area contributed by atoms with Crippen molar-refractivity contribution in [3.63, 3.8) is 0 Å². The molecule has 1 aromatic rings. The Morgan fingerprint density at radius 1 is 1.43 bits per heavy atom. The summed E-state index contributed by atoms with van der Waals surface area (Å²) in [4.78, 5) is 27.0. The molecule has 0 atom stereocenters. The standard InChI is InChI=1S/C13H19N3O4S/c1-8-10(11(17)18)21-9(16-8)6-14-12(19)15-7-13(20-2)4-3-5-13/h3-7H2,1-2H3,(H,17,18)(H2,14,15,19). The lowest BCUT2D eigenvalue weighted by molar-refractivity contribution is -0.0674. The van der Waals surface area contributed by atoms with E-state index in [1.165, 1.54) is 0 Å². The number of amides is 2. The highest BCUT2D eigenvalue weighted by atomic mass is 32.1. The first-order valence-electron chi connectivity index (χ1n) is 6.72. The summed E-state index contributed by atoms with van der Waals surface area (Å²) in [6, 6.07) is -0.303. The number of aromatic nitrogens is 1. The van der Waals surface area contributed by atoms with Crippen LogP contribution in [0.15, 0.2) is 0 Å². The molecule has 0 spiro atoms. The van der Waals surface area contributed by atoms with Gasteiger partial charge in [0.1, 0.15) is 9.88 Å². The molecule has 7 nitrogen and oxygen atoms in total. The van der Waals surface area contributed by atoms with Gasteiger partial charge >= 0.3 is 12.0 Å². The molecule has 0 aromatic carbocycles. The third-order valence-corrected chi connectivity index (χ3v) is 4.85. The van der Waals surface area contributed by atoms with Crippen molar-refractivity contribution in [3.8, 4) is 0 Å². The van der Waals surface area contributed by atoms with Crippen LogP contribution in [0.3, 0.4) is 0 Å². The van der Waals surface area contributed by atoms with E-state index in [0.717, 1.165) is 30.6 Å². The summed E-state index contributed by atoms with van der Waals surface area (Å²) in [5.74, 6) is -0.993. The van der Waals surface area contributed by atoms with E-state index in [1.54, 1.807) is 14.0 Å². The van der Waals surface area contributed by atoms with Gasteiger partial charge in [-0.25, -0.2) is 14.6 Å². The normalized spacial score (nSPS) is 16.1. The van der Waals surface area contributed by atoms with Crippen LogP contribution in [-0.4, -0.2) is 41.3 Å². The van der Waals surface area contributed by atoms with Crippen molar-refractivity contribution in [1.82, 2.24) is 15.6 Å². The molecule has 0 bridgehead atoms. The molecule has 1 heterocycles. The lowest BCUT2D eigenvalue weighted by Crippen LogP contribution is -2.51. The van der Waals surface area contributed by atoms with Crippen LogP contribution in [0.25, 0.3) is 0 Å². The van der Waals surface area contributed by atoms with E-state index in [9.17, 15) is 9.59 Å². The van der Waals surface area contributed by atoms with Crippen LogP contribution < -0.4 is 10.6 Å². The van der Waals surface area contributed by atoms with E-state index < -0.39 is 5.97 Å². The van der Waals surface area contributed by atoms with Crippen molar-refractivity contribution in [1.29, 1.82) is 0 Å². The number of urea groups is 1. The van der Waals surface area contributed by atoms with E-state index >= 15 is 0 Å². The molecule has 2 rings (SSSR count). The first-order chi connectivity index (χ1) is 9.96. The second-order valence-corrected chi connectivity index (χ2v) is 6.19. The average Bonchev–Trinajstić information content (AvgIpc) is 2.77. The smallest absolute Gasteiger partial charge is 0.347 e. The number of carbonyl (C=O) groups is 2. The minimum Gasteiger partial charge on any atom is -0.477 e. The highest BCUT2D eigenvalue weighted by molar-refractivity contribution is 7.13. The zero-order valence-electron chi connectivity index (χ0n) is 12.1. The van der Waals surface area contributed by atoms with Crippen LogP contribution in [0.4, 0.5) is 4.79 Å². The van der Waals surface area contributed by atoms with E-state index in [-0.39, 0.29) is 23.1 Å². The Morgan fingerprint density at radius 2 is 2.14 bits per heavy atom. The number of hydrogen-bond acceptors (Lipinski definition) is 5. The monoisotopic (exact) mass is 313 g/mol. The zero-order valence-corrected chi connectivity index (χ0v) is 12.9. The zero-order chi connectivity index (χ0) is 15.5. The van der Waals surface area contributed by atoms with Crippen molar-refractivity contribution in [2.45, 2.75) is 38.3 Å². The minimum absolute atomic E-state index is 0.208. The van der Waals surface area contributed by atoms with Gasteiger partial charge in [0.25, 0.3) is 0 Å². The SMILES string of the molecule is COC1(CNC(=O)NCc2nc(C)c(C(=O)O)s2)CCC1. The number of hydrogen-bond donors (Lipinski definition) is 3. The van der Waals surface area contributed by atoms with Gasteiger partial charge in [-0.15, -0.1) is 11.3 Å². The Bertz CT molecular complexity index is 534. The van der Waals surface area contributed by atoms with E-state index in [4.69, 9.17) is 9.84 Å². The number of carboxylic acid groups (broad SMARTS) is 1. The fraction of sp³-hybridized carbons (Fsp3) is 0.615. The van der Waals surface area contributed by atoms with Crippen molar-refractivity contribution >= 4 is 23.3 Å². The molecule has 8 heteroatoms. The lowest BCUT2D eigenvalue weighted by Gasteiger charge is -2.40. The van der Waals surface area contributed by atoms with Crippen molar-refractivity contribution in [2.75, 3.05) is 13.7 Å². The molecule has 116 valence electrons. The summed E-state index contributed by atoms with van der Waals surface area (Å²) in [6.07, 6.45) is 3.03. The summed E-state index contributed by atoms with van der Waals surface area (Å²) in [7, 11) is 1.66. The van der Waals surface area contributed by atoms with Crippen LogP contribution >= 0.6 is 11.3 Å². The Labute approximate surface area is 126 Å². The number of nitrogens with zero attached hydrogens (tertiary/aromatic N) is 1. The number of nitrogens with one attached hydrogen (secondary N) is 2. The molecule has 3 N–H and O–H groups in total. The molecule has 0 aliphatic heterocycles. The van der Waals surface area contributed by atoms with Crippen molar-refractivity contribution < 1.29 is 19.4 Å². The first-order valence-corrected chi connectivity index (χ1v) is 7.54. The van der Waals surface area contributed by atoms with Gasteiger partial charge in [-0.05, 0) is 26.2 Å². The Kier molecular flexibility index (Phi) is 4.79. The summed E-state index contributed by atoms with van der Waals surface area (Å²) in [5, 5.41) is 15.0. The van der Waals surface area contributed by atoms with E-state index in [0.29, 0.717) is 17.2 Å². The molecular weight excluding hydrogens is 294 g/mol. The summed E-state index contributed by atoms with van der Waals surface area (Å²) < 4.78 is 5.41. The van der Waals surface area contributed by atoms with E-state index in [1.807, 2.05) is 0 Å². The van der Waals surface area contributed by atoms with Crippen molar-refractivity contribution in [3.05, 3.63) is 15.6 Å². The molecule has 1 fully saturated rings. The van der Waals surface area contributed by atoms with Gasteiger partial charge in [-0.3, -0.25) is 0 Å². The lowest BCUT2D eigenvalue weighted by atomic mass is 9.80. The average molecular weight is 313 g/mol. The Morgan fingerprint density at radius 3 is 2.62 bits per heavy atom. The number of carboxylic acids is 1. The molecule has 1 aromatic heterocycles. The van der Waals surface area contributed by atoms with Crippen LogP contribution in [0.5, 0.6) is 0 Å². The number of aryl methyl sites for hydroxylation is 1.